The molecule has 3 aromatic rings. The van der Waals surface area contributed by atoms with Gasteiger partial charge in [0, 0.05) is 29.0 Å². The van der Waals surface area contributed by atoms with Gasteiger partial charge in [0.1, 0.15) is 17.0 Å². The van der Waals surface area contributed by atoms with Gasteiger partial charge in [0.25, 0.3) is 0 Å². The van der Waals surface area contributed by atoms with Gasteiger partial charge in [0.2, 0.25) is 0 Å². The van der Waals surface area contributed by atoms with Crippen LogP contribution in [0.5, 0.6) is 5.75 Å². The Hall–Kier alpha value is -3.74. The predicted octanol–water partition coefficient (Wildman–Crippen LogP) is 4.31. The van der Waals surface area contributed by atoms with E-state index in [9.17, 15) is 4.79 Å². The van der Waals surface area contributed by atoms with Crippen molar-refractivity contribution in [1.82, 2.24) is 14.9 Å². The van der Waals surface area contributed by atoms with Crippen LogP contribution < -0.4 is 15.8 Å². The molecule has 0 radical (unpaired) electrons. The number of rotatable bonds is 3. The summed E-state index contributed by atoms with van der Waals surface area (Å²) in [6.45, 7) is 5.50. The van der Waals surface area contributed by atoms with Crippen LogP contribution >= 0.6 is 0 Å². The molecule has 30 heavy (non-hydrogen) atoms. The smallest absolute Gasteiger partial charge is 0.420 e. The Bertz CT molecular complexity index is 1140. The summed E-state index contributed by atoms with van der Waals surface area (Å²) >= 11 is 0. The highest BCUT2D eigenvalue weighted by Crippen LogP contribution is 2.30. The molecule has 1 unspecified atom stereocenters. The first-order valence-corrected chi connectivity index (χ1v) is 9.66. The second-order valence-corrected chi connectivity index (χ2v) is 7.98. The molecule has 2 aromatic heterocycles. The average Bonchev–Trinajstić information content (AvgIpc) is 3.13. The fraction of sp³-hybridized carbons (Fsp3) is 0.217. The summed E-state index contributed by atoms with van der Waals surface area (Å²) in [6, 6.07) is 11.0. The van der Waals surface area contributed by atoms with Crippen molar-refractivity contribution in [2.24, 2.45) is 0 Å². The van der Waals surface area contributed by atoms with Crippen LogP contribution in [0.25, 0.3) is 16.6 Å². The number of ether oxygens (including phenoxy) is 2. The van der Waals surface area contributed by atoms with Gasteiger partial charge in [-0.25, -0.2) is 14.3 Å². The number of aromatic nitrogens is 2. The number of allylic oxidation sites excluding steroid dienone is 2. The van der Waals surface area contributed by atoms with Crippen molar-refractivity contribution in [2.75, 3.05) is 5.73 Å². The van der Waals surface area contributed by atoms with Gasteiger partial charge >= 0.3 is 6.09 Å². The molecular formula is C23H24N4O3. The van der Waals surface area contributed by atoms with Crippen LogP contribution in [-0.2, 0) is 4.74 Å². The van der Waals surface area contributed by atoms with Crippen molar-refractivity contribution in [1.29, 1.82) is 0 Å². The van der Waals surface area contributed by atoms with Gasteiger partial charge in [-0.3, -0.25) is 0 Å². The van der Waals surface area contributed by atoms with Crippen LogP contribution in [0.2, 0.25) is 0 Å². The number of hydrogen-bond donors (Lipinski definition) is 2. The van der Waals surface area contributed by atoms with Gasteiger partial charge in [0.05, 0.1) is 0 Å². The largest absolute Gasteiger partial charge is 0.466 e. The van der Waals surface area contributed by atoms with E-state index in [1.165, 1.54) is 4.57 Å². The number of nitrogens with two attached hydrogens (primary N) is 1. The van der Waals surface area contributed by atoms with Gasteiger partial charge in [0.15, 0.2) is 6.23 Å². The number of carbonyl (C=O) groups is 1. The van der Waals surface area contributed by atoms with Crippen LogP contribution in [0, 0.1) is 0 Å². The number of nitrogens with one attached hydrogen (secondary N) is 1. The fourth-order valence-corrected chi connectivity index (χ4v) is 3.23. The lowest BCUT2D eigenvalue weighted by atomic mass is 10.0. The van der Waals surface area contributed by atoms with Crippen LogP contribution in [-0.4, -0.2) is 27.5 Å². The van der Waals surface area contributed by atoms with E-state index in [0.29, 0.717) is 17.1 Å². The van der Waals surface area contributed by atoms with Gasteiger partial charge in [-0.05, 0) is 75.0 Å². The fourth-order valence-electron chi connectivity index (χ4n) is 3.23. The minimum absolute atomic E-state index is 0.408. The molecule has 0 bridgehead atoms. The third-order valence-electron chi connectivity index (χ3n) is 4.52. The lowest BCUT2D eigenvalue weighted by Gasteiger charge is -2.25. The average molecular weight is 404 g/mol. The van der Waals surface area contributed by atoms with Crippen molar-refractivity contribution >= 4 is 28.4 Å². The molecule has 1 atom stereocenters. The van der Waals surface area contributed by atoms with E-state index < -0.39 is 17.9 Å². The van der Waals surface area contributed by atoms with E-state index >= 15 is 0 Å². The highest BCUT2D eigenvalue weighted by atomic mass is 16.6. The summed E-state index contributed by atoms with van der Waals surface area (Å²) in [7, 11) is 0. The van der Waals surface area contributed by atoms with Crippen molar-refractivity contribution < 1.29 is 14.3 Å². The van der Waals surface area contributed by atoms with Gasteiger partial charge in [-0.1, -0.05) is 6.08 Å². The zero-order chi connectivity index (χ0) is 21.3. The van der Waals surface area contributed by atoms with E-state index in [-0.39, 0.29) is 0 Å². The van der Waals surface area contributed by atoms with Gasteiger partial charge in [-0.2, -0.15) is 0 Å². The molecule has 154 valence electrons. The monoisotopic (exact) mass is 404 g/mol. The van der Waals surface area contributed by atoms with Crippen molar-refractivity contribution in [3.05, 3.63) is 72.7 Å². The Morgan fingerprint density at radius 3 is 2.67 bits per heavy atom. The molecule has 3 heterocycles. The number of nitrogen functional groups attached to an aromatic ring is 1. The molecule has 1 aliphatic heterocycles. The molecule has 1 aromatic carbocycles. The number of dihydropyridines is 1. The molecule has 1 aliphatic rings. The summed E-state index contributed by atoms with van der Waals surface area (Å²) in [5.74, 6) is 0.694. The minimum Gasteiger partial charge on any atom is -0.466 e. The van der Waals surface area contributed by atoms with E-state index in [1.54, 1.807) is 24.5 Å². The summed E-state index contributed by atoms with van der Waals surface area (Å²) in [5.41, 5.74) is 8.21. The van der Waals surface area contributed by atoms with Crippen molar-refractivity contribution in [2.45, 2.75) is 32.6 Å². The van der Waals surface area contributed by atoms with Crippen molar-refractivity contribution in [3.8, 4) is 5.75 Å². The van der Waals surface area contributed by atoms with Crippen molar-refractivity contribution in [3.63, 3.8) is 0 Å². The highest BCUT2D eigenvalue weighted by Gasteiger charge is 2.24. The topological polar surface area (TPSA) is 91.4 Å². The number of carbonyl (C=O) groups excluding carboxylic acids is 1. The second-order valence-electron chi connectivity index (χ2n) is 7.98. The Morgan fingerprint density at radius 1 is 1.17 bits per heavy atom. The number of nitrogens with zero attached hydrogens (tertiary/aromatic N) is 2. The van der Waals surface area contributed by atoms with Crippen LogP contribution in [0.15, 0.2) is 67.1 Å². The summed E-state index contributed by atoms with van der Waals surface area (Å²) < 4.78 is 13.1. The van der Waals surface area contributed by atoms with Gasteiger partial charge < -0.3 is 20.5 Å². The molecule has 4 rings (SSSR count). The Balaban J connectivity index is 1.69. The molecule has 7 nitrogen and oxygen atoms in total. The number of hydrogen-bond acceptors (Lipinski definition) is 6. The first kappa shape index (κ1) is 19.6. The van der Waals surface area contributed by atoms with Crippen LogP contribution in [0.1, 0.15) is 26.3 Å². The number of pyridine rings is 1. The molecule has 0 fully saturated rings. The molecule has 7 heteroatoms. The normalized spacial score (nSPS) is 16.1. The maximum Gasteiger partial charge on any atom is 0.420 e. The third kappa shape index (κ3) is 4.00. The van der Waals surface area contributed by atoms with E-state index in [1.807, 2.05) is 63.4 Å². The second kappa shape index (κ2) is 7.59. The maximum atomic E-state index is 12.6. The Kier molecular flexibility index (Phi) is 4.95. The van der Waals surface area contributed by atoms with Gasteiger partial charge in [-0.15, -0.1) is 0 Å². The van der Waals surface area contributed by atoms with E-state index in [0.717, 1.165) is 16.5 Å². The van der Waals surface area contributed by atoms with E-state index in [4.69, 9.17) is 15.2 Å². The molecular weight excluding hydrogens is 380 g/mol. The quantitative estimate of drug-likeness (QED) is 0.632. The third-order valence-corrected chi connectivity index (χ3v) is 4.52. The zero-order valence-electron chi connectivity index (χ0n) is 17.1. The summed E-state index contributed by atoms with van der Waals surface area (Å²) in [5, 5.41) is 4.07. The maximum absolute atomic E-state index is 12.6. The summed E-state index contributed by atoms with van der Waals surface area (Å²) in [6.07, 6.45) is 8.21. The first-order chi connectivity index (χ1) is 14.3. The molecule has 3 N–H and O–H groups in total. The van der Waals surface area contributed by atoms with Crippen LogP contribution in [0.4, 0.5) is 10.5 Å². The van der Waals surface area contributed by atoms with Crippen LogP contribution in [0.3, 0.4) is 0 Å². The number of anilines is 1. The molecule has 0 amide bonds. The lowest BCUT2D eigenvalue weighted by molar-refractivity contribution is 0.0543. The molecule has 0 spiro atoms. The lowest BCUT2D eigenvalue weighted by Crippen LogP contribution is -2.33. The number of fused-ring (bicyclic) bond motifs is 1. The predicted molar refractivity (Wildman–Crippen MR) is 117 cm³/mol. The standard InChI is InChI=1S/C23H24N4O3/c1-23(2,3)30-22(28)27-14-11-18-17(10-13-25-20(18)27)19-5-4-12-26-21(19)29-16-8-6-15(24)7-9-16/h4-14,21,26H,24H2,1-3H3. The first-order valence-electron chi connectivity index (χ1n) is 9.66. The molecule has 0 saturated heterocycles. The summed E-state index contributed by atoms with van der Waals surface area (Å²) in [4.78, 5) is 17.0. The Morgan fingerprint density at radius 2 is 1.93 bits per heavy atom. The number of benzene rings is 1. The zero-order valence-corrected chi connectivity index (χ0v) is 17.1. The molecule has 0 saturated carbocycles. The minimum atomic E-state index is -0.593. The SMILES string of the molecule is CC(C)(C)OC(=O)n1ccc2c(C3=CC=CNC3Oc3ccc(N)cc3)ccnc21. The highest BCUT2D eigenvalue weighted by molar-refractivity contribution is 5.95. The van der Waals surface area contributed by atoms with E-state index in [2.05, 4.69) is 10.3 Å². The Labute approximate surface area is 174 Å². The molecule has 0 aliphatic carbocycles.